The molecule has 0 amide bonds. The molecule has 21 heavy (non-hydrogen) atoms. The monoisotopic (exact) mass is 293 g/mol. The van der Waals surface area contributed by atoms with Gasteiger partial charge in [-0.3, -0.25) is 0 Å². The number of rotatable bonds is 8. The molecule has 1 N–H and O–H groups in total. The molecule has 1 aromatic carbocycles. The SMILES string of the molecule is COc1cc(OC)c(C2CC2CNCC(C)C)cc1OC. The number of nitrogens with one attached hydrogen (secondary N) is 1. The quantitative estimate of drug-likeness (QED) is 0.799. The maximum absolute atomic E-state index is 5.52. The highest BCUT2D eigenvalue weighted by Gasteiger charge is 2.40. The topological polar surface area (TPSA) is 39.7 Å². The van der Waals surface area contributed by atoms with Gasteiger partial charge in [-0.2, -0.15) is 0 Å². The lowest BCUT2D eigenvalue weighted by Gasteiger charge is -2.14. The first-order valence-corrected chi connectivity index (χ1v) is 7.61. The van der Waals surface area contributed by atoms with Crippen LogP contribution in [0.1, 0.15) is 31.7 Å². The second-order valence-electron chi connectivity index (χ2n) is 6.10. The molecular formula is C17H27NO3. The Morgan fingerprint density at radius 3 is 2.24 bits per heavy atom. The molecule has 1 fully saturated rings. The van der Waals surface area contributed by atoms with Crippen LogP contribution in [0.15, 0.2) is 12.1 Å². The van der Waals surface area contributed by atoms with Crippen LogP contribution in [0.5, 0.6) is 17.2 Å². The summed E-state index contributed by atoms with van der Waals surface area (Å²) in [4.78, 5) is 0. The van der Waals surface area contributed by atoms with Crippen LogP contribution in [-0.2, 0) is 0 Å². The van der Waals surface area contributed by atoms with E-state index in [0.29, 0.717) is 23.5 Å². The van der Waals surface area contributed by atoms with Crippen molar-refractivity contribution in [2.75, 3.05) is 34.4 Å². The van der Waals surface area contributed by atoms with Crippen molar-refractivity contribution >= 4 is 0 Å². The first-order chi connectivity index (χ1) is 10.1. The van der Waals surface area contributed by atoms with E-state index < -0.39 is 0 Å². The van der Waals surface area contributed by atoms with Gasteiger partial charge >= 0.3 is 0 Å². The van der Waals surface area contributed by atoms with Gasteiger partial charge in [0.05, 0.1) is 21.3 Å². The van der Waals surface area contributed by atoms with E-state index >= 15 is 0 Å². The Bertz CT molecular complexity index is 473. The summed E-state index contributed by atoms with van der Waals surface area (Å²) in [5.74, 6) is 4.32. The first-order valence-electron chi connectivity index (χ1n) is 7.61. The highest BCUT2D eigenvalue weighted by molar-refractivity contribution is 5.53. The molecule has 118 valence electrons. The Hall–Kier alpha value is -1.42. The van der Waals surface area contributed by atoms with Gasteiger partial charge in [-0.1, -0.05) is 13.8 Å². The maximum atomic E-state index is 5.52. The lowest BCUT2D eigenvalue weighted by Crippen LogP contribution is -2.22. The Morgan fingerprint density at radius 2 is 1.67 bits per heavy atom. The summed E-state index contributed by atoms with van der Waals surface area (Å²) in [6.45, 7) is 6.61. The van der Waals surface area contributed by atoms with Gasteiger partial charge in [0.25, 0.3) is 0 Å². The van der Waals surface area contributed by atoms with Crippen LogP contribution in [0.25, 0.3) is 0 Å². The molecule has 0 bridgehead atoms. The van der Waals surface area contributed by atoms with Crippen LogP contribution in [-0.4, -0.2) is 34.4 Å². The van der Waals surface area contributed by atoms with Gasteiger partial charge < -0.3 is 19.5 Å². The predicted octanol–water partition coefficient (Wildman–Crippen LogP) is 3.06. The van der Waals surface area contributed by atoms with E-state index in [-0.39, 0.29) is 0 Å². The smallest absolute Gasteiger partial charge is 0.164 e. The molecule has 1 aromatic rings. The van der Waals surface area contributed by atoms with E-state index in [9.17, 15) is 0 Å². The van der Waals surface area contributed by atoms with Gasteiger partial charge in [-0.15, -0.1) is 0 Å². The Balaban J connectivity index is 2.06. The summed E-state index contributed by atoms with van der Waals surface area (Å²) < 4.78 is 16.3. The summed E-state index contributed by atoms with van der Waals surface area (Å²) >= 11 is 0. The number of benzene rings is 1. The Morgan fingerprint density at radius 1 is 1.05 bits per heavy atom. The fraction of sp³-hybridized carbons (Fsp3) is 0.647. The van der Waals surface area contributed by atoms with E-state index in [4.69, 9.17) is 14.2 Å². The van der Waals surface area contributed by atoms with Gasteiger partial charge in [0, 0.05) is 11.6 Å². The molecule has 2 unspecified atom stereocenters. The Kier molecular flexibility index (Phi) is 5.34. The number of ether oxygens (including phenoxy) is 3. The highest BCUT2D eigenvalue weighted by Crippen LogP contribution is 2.52. The summed E-state index contributed by atoms with van der Waals surface area (Å²) in [7, 11) is 5.02. The minimum Gasteiger partial charge on any atom is -0.496 e. The molecule has 0 heterocycles. The predicted molar refractivity (Wildman–Crippen MR) is 84.7 cm³/mol. The molecule has 4 nitrogen and oxygen atoms in total. The third kappa shape index (κ3) is 3.82. The fourth-order valence-electron chi connectivity index (χ4n) is 2.75. The van der Waals surface area contributed by atoms with Crippen molar-refractivity contribution in [1.82, 2.24) is 5.32 Å². The molecule has 1 aliphatic rings. The van der Waals surface area contributed by atoms with Crippen molar-refractivity contribution in [3.05, 3.63) is 17.7 Å². The van der Waals surface area contributed by atoms with Crippen molar-refractivity contribution in [2.24, 2.45) is 11.8 Å². The van der Waals surface area contributed by atoms with Crippen molar-refractivity contribution < 1.29 is 14.2 Å². The molecule has 2 rings (SSSR count). The number of methoxy groups -OCH3 is 3. The van der Waals surface area contributed by atoms with Crippen molar-refractivity contribution in [1.29, 1.82) is 0 Å². The third-order valence-corrected chi connectivity index (χ3v) is 4.02. The van der Waals surface area contributed by atoms with Crippen molar-refractivity contribution in [3.63, 3.8) is 0 Å². The van der Waals surface area contributed by atoms with Gasteiger partial charge in [-0.05, 0) is 43.3 Å². The molecule has 0 radical (unpaired) electrons. The number of hydrogen-bond acceptors (Lipinski definition) is 4. The van der Waals surface area contributed by atoms with Crippen LogP contribution < -0.4 is 19.5 Å². The van der Waals surface area contributed by atoms with Crippen molar-refractivity contribution in [3.8, 4) is 17.2 Å². The van der Waals surface area contributed by atoms with E-state index in [0.717, 1.165) is 24.6 Å². The van der Waals surface area contributed by atoms with Crippen LogP contribution in [0.3, 0.4) is 0 Å². The van der Waals surface area contributed by atoms with E-state index in [1.54, 1.807) is 21.3 Å². The average molecular weight is 293 g/mol. The molecule has 0 spiro atoms. The molecule has 1 saturated carbocycles. The molecular weight excluding hydrogens is 266 g/mol. The second kappa shape index (κ2) is 7.03. The lowest BCUT2D eigenvalue weighted by molar-refractivity contribution is 0.347. The first kappa shape index (κ1) is 16.0. The maximum Gasteiger partial charge on any atom is 0.164 e. The van der Waals surface area contributed by atoms with Crippen molar-refractivity contribution in [2.45, 2.75) is 26.2 Å². The minimum atomic E-state index is 0.555. The summed E-state index contributed by atoms with van der Waals surface area (Å²) in [5.41, 5.74) is 1.23. The summed E-state index contributed by atoms with van der Waals surface area (Å²) in [6.07, 6.45) is 1.21. The zero-order valence-corrected chi connectivity index (χ0v) is 13.7. The highest BCUT2D eigenvalue weighted by atomic mass is 16.5. The zero-order chi connectivity index (χ0) is 15.4. The van der Waals surface area contributed by atoms with Gasteiger partial charge in [0.15, 0.2) is 11.5 Å². The average Bonchev–Trinajstić information content (AvgIpc) is 3.24. The lowest BCUT2D eigenvalue weighted by atomic mass is 10.1. The largest absolute Gasteiger partial charge is 0.496 e. The molecule has 0 aliphatic heterocycles. The third-order valence-electron chi connectivity index (χ3n) is 4.02. The number of hydrogen-bond donors (Lipinski definition) is 1. The van der Waals surface area contributed by atoms with Crippen LogP contribution >= 0.6 is 0 Å². The van der Waals surface area contributed by atoms with E-state index in [1.165, 1.54) is 12.0 Å². The molecule has 1 aliphatic carbocycles. The van der Waals surface area contributed by atoms with Gasteiger partial charge in [-0.25, -0.2) is 0 Å². The molecule has 4 heteroatoms. The molecule has 0 saturated heterocycles. The van der Waals surface area contributed by atoms with Crippen LogP contribution in [0.2, 0.25) is 0 Å². The van der Waals surface area contributed by atoms with Crippen LogP contribution in [0.4, 0.5) is 0 Å². The zero-order valence-electron chi connectivity index (χ0n) is 13.7. The van der Waals surface area contributed by atoms with E-state index in [2.05, 4.69) is 25.2 Å². The molecule has 2 atom stereocenters. The standard InChI is InChI=1S/C17H27NO3/c1-11(2)9-18-10-12-6-13(12)14-7-16(20-4)17(21-5)8-15(14)19-3/h7-8,11-13,18H,6,9-10H2,1-5H3. The minimum absolute atomic E-state index is 0.555. The fourth-order valence-corrected chi connectivity index (χ4v) is 2.75. The molecule has 0 aromatic heterocycles. The normalized spacial score (nSPS) is 20.5. The van der Waals surface area contributed by atoms with Gasteiger partial charge in [0.2, 0.25) is 0 Å². The van der Waals surface area contributed by atoms with Gasteiger partial charge in [0.1, 0.15) is 5.75 Å². The van der Waals surface area contributed by atoms with Crippen LogP contribution in [0, 0.1) is 11.8 Å². The summed E-state index contributed by atoms with van der Waals surface area (Å²) in [6, 6.07) is 3.98. The second-order valence-corrected chi connectivity index (χ2v) is 6.10. The van der Waals surface area contributed by atoms with E-state index in [1.807, 2.05) is 6.07 Å². The summed E-state index contributed by atoms with van der Waals surface area (Å²) in [5, 5.41) is 3.54. The Labute approximate surface area is 127 Å².